The highest BCUT2D eigenvalue weighted by Crippen LogP contribution is 1.87. The largest absolute Gasteiger partial charge is 0.434 e. The number of hydrogen-bond donors (Lipinski definition) is 0. The number of halogens is 1. The number of carbonyl (C=O) groups is 1. The molecule has 0 aromatic rings. The molecule has 2 nitrogen and oxygen atoms in total. The Morgan fingerprint density at radius 2 is 2.44 bits per heavy atom. The van der Waals surface area contributed by atoms with Gasteiger partial charge in [0.25, 0.3) is 0 Å². The molecule has 0 spiro atoms. The van der Waals surface area contributed by atoms with Crippen molar-refractivity contribution in [3.05, 3.63) is 12.3 Å². The number of allylic oxidation sites excluding steroid dienone is 1. The predicted molar refractivity (Wildman–Crippen MR) is 39.3 cm³/mol. The Hall–Kier alpha value is -0.310. The third-order valence-electron chi connectivity index (χ3n) is 0.641. The van der Waals surface area contributed by atoms with E-state index in [2.05, 4.69) is 20.7 Å². The van der Waals surface area contributed by atoms with Crippen molar-refractivity contribution >= 4 is 21.9 Å². The number of ether oxygens (including phenoxy) is 1. The maximum Gasteiger partial charge on any atom is 0.321 e. The summed E-state index contributed by atoms with van der Waals surface area (Å²) in [6, 6.07) is 0. The van der Waals surface area contributed by atoms with E-state index in [0.717, 1.165) is 6.42 Å². The molecule has 52 valence electrons. The van der Waals surface area contributed by atoms with Crippen LogP contribution in [0, 0.1) is 0 Å². The maximum absolute atomic E-state index is 10.4. The second-order valence-corrected chi connectivity index (χ2v) is 1.96. The van der Waals surface area contributed by atoms with Crippen LogP contribution in [-0.4, -0.2) is 11.3 Å². The molecule has 0 rings (SSSR count). The third-order valence-corrected chi connectivity index (χ3v) is 1.10. The summed E-state index contributed by atoms with van der Waals surface area (Å²) in [6.45, 7) is 1.97. The highest BCUT2D eigenvalue weighted by atomic mass is 79.9. The highest BCUT2D eigenvalue weighted by molar-refractivity contribution is 9.09. The topological polar surface area (TPSA) is 26.3 Å². The van der Waals surface area contributed by atoms with Gasteiger partial charge in [0.05, 0.1) is 6.26 Å². The van der Waals surface area contributed by atoms with Gasteiger partial charge in [-0.05, 0) is 12.5 Å². The van der Waals surface area contributed by atoms with Gasteiger partial charge in [-0.2, -0.15) is 0 Å². The molecule has 0 radical (unpaired) electrons. The average Bonchev–Trinajstić information content (AvgIpc) is 1.89. The standard InChI is InChI=1S/C6H9BrO2/c1-2-3-4-9-6(8)5-7/h3-4H,2,5H2,1H3/b4-3+. The molecular weight excluding hydrogens is 184 g/mol. The zero-order valence-electron chi connectivity index (χ0n) is 5.26. The van der Waals surface area contributed by atoms with Gasteiger partial charge in [0, 0.05) is 0 Å². The van der Waals surface area contributed by atoms with Crippen LogP contribution in [0.4, 0.5) is 0 Å². The summed E-state index contributed by atoms with van der Waals surface area (Å²) in [5, 5.41) is 0.251. The fraction of sp³-hybridized carbons (Fsp3) is 0.500. The summed E-state index contributed by atoms with van der Waals surface area (Å²) in [6.07, 6.45) is 4.07. The molecule has 0 aromatic heterocycles. The van der Waals surface area contributed by atoms with Gasteiger partial charge in [0.15, 0.2) is 0 Å². The molecule has 0 saturated carbocycles. The van der Waals surface area contributed by atoms with Crippen molar-refractivity contribution in [2.24, 2.45) is 0 Å². The molecule has 0 amide bonds. The van der Waals surface area contributed by atoms with E-state index in [4.69, 9.17) is 0 Å². The molecule has 0 saturated heterocycles. The van der Waals surface area contributed by atoms with Crippen LogP contribution in [0.5, 0.6) is 0 Å². The minimum atomic E-state index is -0.264. The van der Waals surface area contributed by atoms with E-state index >= 15 is 0 Å². The van der Waals surface area contributed by atoms with Crippen molar-refractivity contribution < 1.29 is 9.53 Å². The van der Waals surface area contributed by atoms with E-state index in [9.17, 15) is 4.79 Å². The lowest BCUT2D eigenvalue weighted by Crippen LogP contribution is -1.98. The highest BCUT2D eigenvalue weighted by Gasteiger charge is 1.92. The van der Waals surface area contributed by atoms with E-state index < -0.39 is 0 Å². The van der Waals surface area contributed by atoms with Crippen LogP contribution in [0.15, 0.2) is 12.3 Å². The van der Waals surface area contributed by atoms with Gasteiger partial charge in [0.1, 0.15) is 5.33 Å². The van der Waals surface area contributed by atoms with Crippen LogP contribution in [0.3, 0.4) is 0 Å². The Morgan fingerprint density at radius 1 is 1.78 bits per heavy atom. The SMILES string of the molecule is CC/C=C/OC(=O)CBr. The lowest BCUT2D eigenvalue weighted by Gasteiger charge is -1.90. The van der Waals surface area contributed by atoms with E-state index in [1.807, 2.05) is 6.92 Å². The van der Waals surface area contributed by atoms with Crippen LogP contribution >= 0.6 is 15.9 Å². The second-order valence-electron chi connectivity index (χ2n) is 1.40. The second kappa shape index (κ2) is 5.82. The number of esters is 1. The normalized spacial score (nSPS) is 10.0. The molecule has 0 unspecified atom stereocenters. The van der Waals surface area contributed by atoms with Crippen molar-refractivity contribution in [2.45, 2.75) is 13.3 Å². The lowest BCUT2D eigenvalue weighted by atomic mass is 10.5. The van der Waals surface area contributed by atoms with Gasteiger partial charge >= 0.3 is 5.97 Å². The summed E-state index contributed by atoms with van der Waals surface area (Å²) < 4.78 is 4.57. The Morgan fingerprint density at radius 3 is 2.89 bits per heavy atom. The molecule has 0 aliphatic rings. The zero-order chi connectivity index (χ0) is 7.11. The van der Waals surface area contributed by atoms with Gasteiger partial charge in [-0.1, -0.05) is 22.9 Å². The first-order valence-corrected chi connectivity index (χ1v) is 3.83. The summed E-state index contributed by atoms with van der Waals surface area (Å²) in [5.74, 6) is -0.264. The quantitative estimate of drug-likeness (QED) is 0.388. The summed E-state index contributed by atoms with van der Waals surface area (Å²) in [4.78, 5) is 10.4. The summed E-state index contributed by atoms with van der Waals surface area (Å²) >= 11 is 2.96. The molecule has 9 heavy (non-hydrogen) atoms. The minimum absolute atomic E-state index is 0.251. The summed E-state index contributed by atoms with van der Waals surface area (Å²) in [5.41, 5.74) is 0. The van der Waals surface area contributed by atoms with Gasteiger partial charge in [-0.3, -0.25) is 4.79 Å². The van der Waals surface area contributed by atoms with E-state index in [0.29, 0.717) is 0 Å². The molecule has 3 heteroatoms. The van der Waals surface area contributed by atoms with Crippen molar-refractivity contribution in [1.29, 1.82) is 0 Å². The molecule has 0 heterocycles. The van der Waals surface area contributed by atoms with Crippen LogP contribution in [0.1, 0.15) is 13.3 Å². The van der Waals surface area contributed by atoms with Gasteiger partial charge in [-0.25, -0.2) is 0 Å². The fourth-order valence-electron chi connectivity index (χ4n) is 0.252. The fourth-order valence-corrected chi connectivity index (χ4v) is 0.384. The zero-order valence-corrected chi connectivity index (χ0v) is 6.85. The van der Waals surface area contributed by atoms with E-state index in [1.54, 1.807) is 6.08 Å². The van der Waals surface area contributed by atoms with Crippen molar-refractivity contribution in [1.82, 2.24) is 0 Å². The van der Waals surface area contributed by atoms with Crippen molar-refractivity contribution in [2.75, 3.05) is 5.33 Å². The number of carbonyl (C=O) groups excluding carboxylic acids is 1. The van der Waals surface area contributed by atoms with E-state index in [1.165, 1.54) is 6.26 Å². The molecule has 0 aliphatic heterocycles. The Balaban J connectivity index is 3.26. The smallest absolute Gasteiger partial charge is 0.321 e. The third kappa shape index (κ3) is 5.56. The first-order valence-electron chi connectivity index (χ1n) is 2.71. The van der Waals surface area contributed by atoms with Crippen molar-refractivity contribution in [3.8, 4) is 0 Å². The first-order chi connectivity index (χ1) is 4.31. The lowest BCUT2D eigenvalue weighted by molar-refractivity contribution is -0.134. The van der Waals surface area contributed by atoms with Crippen LogP contribution in [0.2, 0.25) is 0 Å². The molecule has 0 aromatic carbocycles. The Bertz CT molecular complexity index is 110. The summed E-state index contributed by atoms with van der Waals surface area (Å²) in [7, 11) is 0. The predicted octanol–water partition coefficient (Wildman–Crippen LogP) is 1.85. The monoisotopic (exact) mass is 192 g/mol. The number of hydrogen-bond acceptors (Lipinski definition) is 2. The first kappa shape index (κ1) is 8.69. The molecule has 0 fully saturated rings. The molecular formula is C6H9BrO2. The van der Waals surface area contributed by atoms with E-state index in [-0.39, 0.29) is 11.3 Å². The van der Waals surface area contributed by atoms with Crippen LogP contribution in [-0.2, 0) is 9.53 Å². The van der Waals surface area contributed by atoms with Gasteiger partial charge in [0.2, 0.25) is 0 Å². The molecule has 0 bridgehead atoms. The van der Waals surface area contributed by atoms with Crippen LogP contribution < -0.4 is 0 Å². The Kier molecular flexibility index (Phi) is 5.62. The van der Waals surface area contributed by atoms with Gasteiger partial charge in [-0.15, -0.1) is 0 Å². The molecule has 0 atom stereocenters. The number of rotatable bonds is 3. The number of alkyl halides is 1. The van der Waals surface area contributed by atoms with Gasteiger partial charge < -0.3 is 4.74 Å². The maximum atomic E-state index is 10.4. The van der Waals surface area contributed by atoms with Crippen molar-refractivity contribution in [3.63, 3.8) is 0 Å². The van der Waals surface area contributed by atoms with Crippen LogP contribution in [0.25, 0.3) is 0 Å². The Labute approximate surface area is 63.0 Å². The molecule has 0 N–H and O–H groups in total. The average molecular weight is 193 g/mol. The minimum Gasteiger partial charge on any atom is -0.434 e. The molecule has 0 aliphatic carbocycles.